The van der Waals surface area contributed by atoms with Gasteiger partial charge < -0.3 is 24.9 Å². The van der Waals surface area contributed by atoms with Gasteiger partial charge in [-0.1, -0.05) is 18.7 Å². The largest absolute Gasteiger partial charge is 0.494 e. The molecule has 1 aliphatic heterocycles. The first-order valence-corrected chi connectivity index (χ1v) is 11.2. The van der Waals surface area contributed by atoms with Crippen LogP contribution in [0.3, 0.4) is 0 Å². The third-order valence-corrected chi connectivity index (χ3v) is 6.73. The summed E-state index contributed by atoms with van der Waals surface area (Å²) in [5.41, 5.74) is 8.13. The summed E-state index contributed by atoms with van der Waals surface area (Å²) in [4.78, 5) is 24.1. The molecule has 0 fully saturated rings. The summed E-state index contributed by atoms with van der Waals surface area (Å²) in [6.07, 6.45) is 2.37. The van der Waals surface area contributed by atoms with Crippen LogP contribution >= 0.6 is 11.8 Å². The van der Waals surface area contributed by atoms with Crippen molar-refractivity contribution in [3.05, 3.63) is 47.9 Å². The molecule has 0 saturated heterocycles. The van der Waals surface area contributed by atoms with Gasteiger partial charge in [0.2, 0.25) is 5.91 Å². The van der Waals surface area contributed by atoms with Gasteiger partial charge in [-0.25, -0.2) is 0 Å². The van der Waals surface area contributed by atoms with Crippen LogP contribution in [0.2, 0.25) is 0 Å². The molecule has 168 valence electrons. The second-order valence-electron chi connectivity index (χ2n) is 7.51. The molecular weight excluding hydrogens is 428 g/mol. The predicted octanol–water partition coefficient (Wildman–Crippen LogP) is 3.88. The molecule has 1 aliphatic rings. The molecule has 0 bridgehead atoms. The lowest BCUT2D eigenvalue weighted by Crippen LogP contribution is -2.32. The van der Waals surface area contributed by atoms with E-state index < -0.39 is 0 Å². The lowest BCUT2D eigenvalue weighted by molar-refractivity contribution is -0.121. The number of carbonyl (C=O) groups is 1. The van der Waals surface area contributed by atoms with E-state index in [0.29, 0.717) is 36.8 Å². The van der Waals surface area contributed by atoms with E-state index in [-0.39, 0.29) is 17.1 Å². The van der Waals surface area contributed by atoms with Gasteiger partial charge in [0.05, 0.1) is 49.3 Å². The highest BCUT2D eigenvalue weighted by molar-refractivity contribution is 8.15. The van der Waals surface area contributed by atoms with E-state index in [9.17, 15) is 4.79 Å². The van der Waals surface area contributed by atoms with E-state index in [1.54, 1.807) is 32.2 Å². The van der Waals surface area contributed by atoms with Crippen molar-refractivity contribution in [2.24, 2.45) is 16.6 Å². The van der Waals surface area contributed by atoms with Crippen LogP contribution in [0.15, 0.2) is 41.5 Å². The molecule has 0 aliphatic carbocycles. The minimum atomic E-state index is -0.272. The van der Waals surface area contributed by atoms with E-state index in [2.05, 4.69) is 15.0 Å². The summed E-state index contributed by atoms with van der Waals surface area (Å²) in [7, 11) is 3.26. The Morgan fingerprint density at radius 2 is 2.12 bits per heavy atom. The van der Waals surface area contributed by atoms with Gasteiger partial charge in [0.1, 0.15) is 22.3 Å². The number of pyridine rings is 1. The number of aliphatic imine (C=N–C) groups is 1. The molecule has 3 heterocycles. The third-order valence-electron chi connectivity index (χ3n) is 5.37. The molecule has 1 aromatic carbocycles. The Morgan fingerprint density at radius 3 is 2.78 bits per heavy atom. The number of nitrogens with zero attached hydrogens (tertiary/aromatic N) is 2. The fourth-order valence-corrected chi connectivity index (χ4v) is 5.07. The summed E-state index contributed by atoms with van der Waals surface area (Å²) >= 11 is 1.59. The molecule has 9 heteroatoms. The number of aromatic amines is 1. The molecule has 2 aromatic heterocycles. The Morgan fingerprint density at radius 1 is 1.28 bits per heavy atom. The summed E-state index contributed by atoms with van der Waals surface area (Å²) in [6.45, 7) is 3.01. The van der Waals surface area contributed by atoms with E-state index in [4.69, 9.17) is 19.9 Å². The number of ether oxygens (including phenoxy) is 3. The second kappa shape index (κ2) is 9.62. The second-order valence-corrected chi connectivity index (χ2v) is 8.74. The van der Waals surface area contributed by atoms with Crippen molar-refractivity contribution in [2.75, 3.05) is 20.8 Å². The van der Waals surface area contributed by atoms with Crippen LogP contribution in [0.25, 0.3) is 10.9 Å². The maximum atomic E-state index is 11.7. The molecule has 3 aromatic rings. The zero-order valence-electron chi connectivity index (χ0n) is 18.3. The number of hydrogen-bond donors (Lipinski definition) is 2. The number of nitrogens with two attached hydrogens (primary N) is 1. The topological polar surface area (TPSA) is 112 Å². The summed E-state index contributed by atoms with van der Waals surface area (Å²) in [6, 6.07) is 9.51. The molecule has 2 atom stereocenters. The molecule has 4 rings (SSSR count). The third kappa shape index (κ3) is 4.58. The maximum Gasteiger partial charge on any atom is 0.221 e. The predicted molar refractivity (Wildman–Crippen MR) is 126 cm³/mol. The first kappa shape index (κ1) is 22.2. The molecule has 3 N–H and O–H groups in total. The highest BCUT2D eigenvalue weighted by Gasteiger charge is 2.31. The van der Waals surface area contributed by atoms with Crippen LogP contribution < -0.4 is 15.2 Å². The first-order valence-electron chi connectivity index (χ1n) is 10.4. The minimum absolute atomic E-state index is 0.0632. The van der Waals surface area contributed by atoms with Crippen molar-refractivity contribution in [2.45, 2.75) is 25.2 Å². The first-order chi connectivity index (χ1) is 15.5. The maximum absolute atomic E-state index is 11.7. The number of rotatable bonds is 9. The molecule has 2 unspecified atom stereocenters. The van der Waals surface area contributed by atoms with Gasteiger partial charge >= 0.3 is 0 Å². The van der Waals surface area contributed by atoms with Gasteiger partial charge in [-0.05, 0) is 30.7 Å². The van der Waals surface area contributed by atoms with Crippen LogP contribution in [0.1, 0.15) is 24.7 Å². The van der Waals surface area contributed by atoms with E-state index in [0.717, 1.165) is 27.3 Å². The van der Waals surface area contributed by atoms with Gasteiger partial charge in [0, 0.05) is 23.8 Å². The number of nitrogens with one attached hydrogen (secondary N) is 1. The number of methoxy groups -OCH3 is 2. The standard InChI is InChI=1S/C23H26N4O4S/c1-4-17(22(24)28)20-11-26-23(32-20)18-8-13-7-16(9-19(30-3)21(13)27-18)31-15-6-5-14(12-29-2)25-10-15/h5-10,17,20,27H,4,11-12H2,1-3H3,(H2,24,28). The number of fused-ring (bicyclic) bond motifs is 1. The lowest BCUT2D eigenvalue weighted by Gasteiger charge is -2.16. The molecule has 0 spiro atoms. The zero-order chi connectivity index (χ0) is 22.7. The number of primary amides is 1. The molecule has 0 radical (unpaired) electrons. The van der Waals surface area contributed by atoms with Crippen molar-refractivity contribution in [3.63, 3.8) is 0 Å². The van der Waals surface area contributed by atoms with E-state index in [1.165, 1.54) is 0 Å². The number of benzene rings is 1. The number of hydrogen-bond acceptors (Lipinski definition) is 7. The molecule has 1 amide bonds. The summed E-state index contributed by atoms with van der Waals surface area (Å²) in [5.74, 6) is 1.46. The number of thioether (sulfide) groups is 1. The van der Waals surface area contributed by atoms with Crippen LogP contribution in [0.4, 0.5) is 0 Å². The highest BCUT2D eigenvalue weighted by atomic mass is 32.2. The van der Waals surface area contributed by atoms with Crippen LogP contribution in [0.5, 0.6) is 17.2 Å². The fourth-order valence-electron chi connectivity index (χ4n) is 3.76. The van der Waals surface area contributed by atoms with Gasteiger partial charge in [0.25, 0.3) is 0 Å². The Labute approximate surface area is 190 Å². The number of aromatic nitrogens is 2. The SMILES string of the molecule is CCC(C(N)=O)C1CN=C(c2cc3cc(Oc4ccc(COC)nc4)cc(OC)c3[nH]2)S1. The average molecular weight is 455 g/mol. The Kier molecular flexibility index (Phi) is 6.66. The van der Waals surface area contributed by atoms with Crippen LogP contribution in [0, 0.1) is 5.92 Å². The summed E-state index contributed by atoms with van der Waals surface area (Å²) in [5, 5.41) is 1.87. The van der Waals surface area contributed by atoms with Crippen molar-refractivity contribution < 1.29 is 19.0 Å². The number of H-pyrrole nitrogens is 1. The molecule has 8 nitrogen and oxygen atoms in total. The van der Waals surface area contributed by atoms with Crippen molar-refractivity contribution in [1.82, 2.24) is 9.97 Å². The molecular formula is C23H26N4O4S. The van der Waals surface area contributed by atoms with E-state index >= 15 is 0 Å². The fraction of sp³-hybridized carbons (Fsp3) is 0.348. The monoisotopic (exact) mass is 454 g/mol. The van der Waals surface area contributed by atoms with Crippen LogP contribution in [-0.4, -0.2) is 46.9 Å². The van der Waals surface area contributed by atoms with Crippen LogP contribution in [-0.2, 0) is 16.1 Å². The van der Waals surface area contributed by atoms with Gasteiger partial charge in [-0.3, -0.25) is 14.8 Å². The van der Waals surface area contributed by atoms with Crippen molar-refractivity contribution >= 4 is 33.6 Å². The summed E-state index contributed by atoms with van der Waals surface area (Å²) < 4.78 is 16.7. The quantitative estimate of drug-likeness (QED) is 0.507. The zero-order valence-corrected chi connectivity index (χ0v) is 19.1. The van der Waals surface area contributed by atoms with Gasteiger partial charge in [-0.15, -0.1) is 0 Å². The smallest absolute Gasteiger partial charge is 0.221 e. The highest BCUT2D eigenvalue weighted by Crippen LogP contribution is 2.37. The Balaban J connectivity index is 1.57. The van der Waals surface area contributed by atoms with Gasteiger partial charge in [0.15, 0.2) is 0 Å². The minimum Gasteiger partial charge on any atom is -0.494 e. The number of amides is 1. The Hall–Kier alpha value is -3.04. The normalized spacial score (nSPS) is 16.7. The van der Waals surface area contributed by atoms with Gasteiger partial charge in [-0.2, -0.15) is 0 Å². The molecule has 32 heavy (non-hydrogen) atoms. The van der Waals surface area contributed by atoms with E-state index in [1.807, 2.05) is 37.3 Å². The average Bonchev–Trinajstić information content (AvgIpc) is 3.42. The van der Waals surface area contributed by atoms with Crippen molar-refractivity contribution in [3.8, 4) is 17.2 Å². The Bertz CT molecular complexity index is 1140. The number of carbonyl (C=O) groups excluding carboxylic acids is 1. The van der Waals surface area contributed by atoms with Crippen molar-refractivity contribution in [1.29, 1.82) is 0 Å². The molecule has 0 saturated carbocycles. The lowest BCUT2D eigenvalue weighted by atomic mass is 10.0.